The highest BCUT2D eigenvalue weighted by Gasteiger charge is 2.11. The van der Waals surface area contributed by atoms with Crippen LogP contribution in [0.25, 0.3) is 0 Å². The third-order valence-electron chi connectivity index (χ3n) is 3.00. The largest absolute Gasteiger partial charge is 0.378 e. The Hall–Kier alpha value is -1.25. The van der Waals surface area contributed by atoms with Crippen molar-refractivity contribution in [3.05, 3.63) is 63.4 Å². The van der Waals surface area contributed by atoms with Crippen molar-refractivity contribution in [1.29, 1.82) is 0 Å². The van der Waals surface area contributed by atoms with Crippen molar-refractivity contribution in [3.63, 3.8) is 0 Å². The molecule has 0 spiro atoms. The lowest BCUT2D eigenvalue weighted by atomic mass is 10.1. The van der Waals surface area contributed by atoms with Gasteiger partial charge < -0.3 is 5.32 Å². The van der Waals surface area contributed by atoms with Crippen molar-refractivity contribution in [2.45, 2.75) is 19.9 Å². The molecule has 19 heavy (non-hydrogen) atoms. The Balaban J connectivity index is 2.27. The molecule has 0 aliphatic rings. The fraction of sp³-hybridized carbons (Fsp3) is 0.200. The van der Waals surface area contributed by atoms with Gasteiger partial charge in [0.1, 0.15) is 5.82 Å². The van der Waals surface area contributed by atoms with Gasteiger partial charge in [-0.2, -0.15) is 0 Å². The van der Waals surface area contributed by atoms with E-state index in [4.69, 9.17) is 23.2 Å². The van der Waals surface area contributed by atoms with Crippen LogP contribution in [0.3, 0.4) is 0 Å². The smallest absolute Gasteiger partial charge is 0.125 e. The van der Waals surface area contributed by atoms with Gasteiger partial charge in [0.25, 0.3) is 0 Å². The fourth-order valence-corrected chi connectivity index (χ4v) is 2.37. The lowest BCUT2D eigenvalue weighted by Gasteiger charge is -2.19. The zero-order chi connectivity index (χ0) is 14.0. The predicted molar refractivity (Wildman–Crippen MR) is 79.6 cm³/mol. The van der Waals surface area contributed by atoms with Crippen molar-refractivity contribution in [2.75, 3.05) is 5.32 Å². The van der Waals surface area contributed by atoms with Gasteiger partial charge >= 0.3 is 0 Å². The van der Waals surface area contributed by atoms with Gasteiger partial charge in [-0.25, -0.2) is 4.39 Å². The number of hydrogen-bond acceptors (Lipinski definition) is 1. The standard InChI is InChI=1S/C15H14Cl2FN/c1-9-3-5-12(18)8-15(9)19-10(2)13-7-11(16)4-6-14(13)17/h3-8,10,19H,1-2H3. The van der Waals surface area contributed by atoms with Crippen LogP contribution in [-0.4, -0.2) is 0 Å². The summed E-state index contributed by atoms with van der Waals surface area (Å²) >= 11 is 12.1. The Morgan fingerprint density at radius 2 is 1.84 bits per heavy atom. The van der Waals surface area contributed by atoms with Gasteiger partial charge in [0, 0.05) is 15.7 Å². The van der Waals surface area contributed by atoms with Crippen molar-refractivity contribution < 1.29 is 4.39 Å². The Labute approximate surface area is 122 Å². The predicted octanol–water partition coefficient (Wildman–Crippen LogP) is 5.61. The van der Waals surface area contributed by atoms with Crippen LogP contribution in [0.2, 0.25) is 10.0 Å². The number of rotatable bonds is 3. The van der Waals surface area contributed by atoms with E-state index < -0.39 is 0 Å². The average Bonchev–Trinajstić information content (AvgIpc) is 2.36. The minimum Gasteiger partial charge on any atom is -0.378 e. The second-order valence-electron chi connectivity index (χ2n) is 4.49. The second kappa shape index (κ2) is 5.81. The van der Waals surface area contributed by atoms with E-state index in [-0.39, 0.29) is 11.9 Å². The van der Waals surface area contributed by atoms with E-state index in [1.807, 2.05) is 19.9 Å². The monoisotopic (exact) mass is 297 g/mol. The highest BCUT2D eigenvalue weighted by atomic mass is 35.5. The third-order valence-corrected chi connectivity index (χ3v) is 3.58. The molecule has 2 aromatic rings. The first-order valence-corrected chi connectivity index (χ1v) is 6.70. The van der Waals surface area contributed by atoms with Gasteiger partial charge in [-0.1, -0.05) is 29.3 Å². The van der Waals surface area contributed by atoms with Crippen LogP contribution < -0.4 is 5.32 Å². The van der Waals surface area contributed by atoms with E-state index in [2.05, 4.69) is 5.32 Å². The topological polar surface area (TPSA) is 12.0 Å². The molecule has 0 aliphatic carbocycles. The molecule has 4 heteroatoms. The first kappa shape index (κ1) is 14.2. The molecular formula is C15H14Cl2FN. The van der Waals surface area contributed by atoms with E-state index >= 15 is 0 Å². The van der Waals surface area contributed by atoms with Gasteiger partial charge in [-0.05, 0) is 55.3 Å². The molecule has 2 rings (SSSR count). The molecule has 0 aliphatic heterocycles. The molecule has 0 saturated carbocycles. The molecule has 0 bridgehead atoms. The van der Waals surface area contributed by atoms with Gasteiger partial charge in [0.05, 0.1) is 6.04 Å². The molecule has 0 aromatic heterocycles. The maximum absolute atomic E-state index is 13.3. The Morgan fingerprint density at radius 3 is 2.58 bits per heavy atom. The average molecular weight is 298 g/mol. The Kier molecular flexibility index (Phi) is 4.33. The summed E-state index contributed by atoms with van der Waals surface area (Å²) in [6, 6.07) is 9.91. The number of aryl methyl sites for hydroxylation is 1. The highest BCUT2D eigenvalue weighted by molar-refractivity contribution is 6.33. The SMILES string of the molecule is Cc1ccc(F)cc1NC(C)c1cc(Cl)ccc1Cl. The summed E-state index contributed by atoms with van der Waals surface area (Å²) in [5, 5.41) is 4.52. The molecule has 100 valence electrons. The summed E-state index contributed by atoms with van der Waals surface area (Å²) in [6.45, 7) is 3.88. The minimum atomic E-state index is -0.266. The summed E-state index contributed by atoms with van der Waals surface area (Å²) in [4.78, 5) is 0. The molecule has 1 nitrogen and oxygen atoms in total. The van der Waals surface area contributed by atoms with Crippen molar-refractivity contribution in [1.82, 2.24) is 0 Å². The molecule has 0 fully saturated rings. The Bertz CT molecular complexity index is 599. The molecule has 0 amide bonds. The van der Waals surface area contributed by atoms with Crippen LogP contribution in [0.4, 0.5) is 10.1 Å². The van der Waals surface area contributed by atoms with E-state index in [0.717, 1.165) is 16.8 Å². The first-order chi connectivity index (χ1) is 8.97. The van der Waals surface area contributed by atoms with Crippen LogP contribution in [0.15, 0.2) is 36.4 Å². The van der Waals surface area contributed by atoms with Gasteiger partial charge in [0.15, 0.2) is 0 Å². The molecule has 0 radical (unpaired) electrons. The van der Waals surface area contributed by atoms with Gasteiger partial charge in [0.2, 0.25) is 0 Å². The van der Waals surface area contributed by atoms with Crippen molar-refractivity contribution in [2.24, 2.45) is 0 Å². The van der Waals surface area contributed by atoms with E-state index in [9.17, 15) is 4.39 Å². The molecule has 0 saturated heterocycles. The normalized spacial score (nSPS) is 12.3. The summed E-state index contributed by atoms with van der Waals surface area (Å²) in [6.07, 6.45) is 0. The zero-order valence-electron chi connectivity index (χ0n) is 10.7. The van der Waals surface area contributed by atoms with Crippen LogP contribution in [0.5, 0.6) is 0 Å². The highest BCUT2D eigenvalue weighted by Crippen LogP contribution is 2.29. The van der Waals surface area contributed by atoms with E-state index in [0.29, 0.717) is 10.0 Å². The second-order valence-corrected chi connectivity index (χ2v) is 5.33. The van der Waals surface area contributed by atoms with E-state index in [1.54, 1.807) is 18.2 Å². The summed E-state index contributed by atoms with van der Waals surface area (Å²) in [7, 11) is 0. The molecule has 1 unspecified atom stereocenters. The van der Waals surface area contributed by atoms with Crippen molar-refractivity contribution >= 4 is 28.9 Å². The van der Waals surface area contributed by atoms with Crippen LogP contribution in [-0.2, 0) is 0 Å². The molecular weight excluding hydrogens is 284 g/mol. The fourth-order valence-electron chi connectivity index (χ4n) is 1.91. The minimum absolute atomic E-state index is 0.0632. The summed E-state index contributed by atoms with van der Waals surface area (Å²) in [5.74, 6) is -0.266. The molecule has 1 atom stereocenters. The third kappa shape index (κ3) is 3.40. The summed E-state index contributed by atoms with van der Waals surface area (Å²) < 4.78 is 13.3. The lowest BCUT2D eigenvalue weighted by Crippen LogP contribution is -2.08. The number of hydrogen-bond donors (Lipinski definition) is 1. The maximum atomic E-state index is 13.3. The number of nitrogens with one attached hydrogen (secondary N) is 1. The Morgan fingerprint density at radius 1 is 1.11 bits per heavy atom. The lowest BCUT2D eigenvalue weighted by molar-refractivity contribution is 0.627. The van der Waals surface area contributed by atoms with Gasteiger partial charge in [-0.3, -0.25) is 0 Å². The molecule has 0 heterocycles. The number of anilines is 1. The first-order valence-electron chi connectivity index (χ1n) is 5.95. The maximum Gasteiger partial charge on any atom is 0.125 e. The van der Waals surface area contributed by atoms with Gasteiger partial charge in [-0.15, -0.1) is 0 Å². The molecule has 2 aromatic carbocycles. The van der Waals surface area contributed by atoms with Crippen LogP contribution in [0.1, 0.15) is 24.1 Å². The number of benzene rings is 2. The number of halogens is 3. The van der Waals surface area contributed by atoms with Crippen LogP contribution in [0, 0.1) is 12.7 Å². The van der Waals surface area contributed by atoms with Crippen LogP contribution >= 0.6 is 23.2 Å². The van der Waals surface area contributed by atoms with E-state index in [1.165, 1.54) is 12.1 Å². The quantitative estimate of drug-likeness (QED) is 0.776. The zero-order valence-corrected chi connectivity index (χ0v) is 12.2. The van der Waals surface area contributed by atoms with Crippen molar-refractivity contribution in [3.8, 4) is 0 Å². The molecule has 1 N–H and O–H groups in total. The summed E-state index contributed by atoms with van der Waals surface area (Å²) in [5.41, 5.74) is 2.62.